The second-order valence-corrected chi connectivity index (χ2v) is 4.68. The van der Waals surface area contributed by atoms with Crippen LogP contribution in [0.25, 0.3) is 0 Å². The highest BCUT2D eigenvalue weighted by Crippen LogP contribution is 2.17. The van der Waals surface area contributed by atoms with Crippen molar-refractivity contribution in [2.45, 2.75) is 26.7 Å². The zero-order valence-electron chi connectivity index (χ0n) is 8.68. The van der Waals surface area contributed by atoms with E-state index in [9.17, 15) is 4.79 Å². The molecule has 1 fully saturated rings. The van der Waals surface area contributed by atoms with Crippen LogP contribution in [0.15, 0.2) is 0 Å². The first-order chi connectivity index (χ1) is 6.03. The summed E-state index contributed by atoms with van der Waals surface area (Å²) in [5.74, 6) is 0.404. The fraction of sp³-hybridized carbons (Fsp3) is 0.900. The maximum absolute atomic E-state index is 11.0. The molecule has 1 aliphatic heterocycles. The molecule has 0 radical (unpaired) electrons. The second kappa shape index (κ2) is 4.20. The summed E-state index contributed by atoms with van der Waals surface area (Å²) in [6.07, 6.45) is 1.45. The first kappa shape index (κ1) is 10.7. The summed E-state index contributed by atoms with van der Waals surface area (Å²) in [4.78, 5) is 13.3. The number of carbonyl (C=O) groups excluding carboxylic acids is 1. The number of ketones is 1. The minimum absolute atomic E-state index is 0.181. The molecule has 0 aromatic carbocycles. The molecular weight excluding hydrogens is 164 g/mol. The third-order valence-corrected chi connectivity index (χ3v) is 2.62. The van der Waals surface area contributed by atoms with Crippen molar-refractivity contribution in [3.05, 3.63) is 0 Å². The summed E-state index contributed by atoms with van der Waals surface area (Å²) in [6.45, 7) is 7.89. The topological polar surface area (TPSA) is 46.3 Å². The van der Waals surface area contributed by atoms with E-state index in [2.05, 4.69) is 18.7 Å². The molecule has 3 heteroatoms. The van der Waals surface area contributed by atoms with Gasteiger partial charge in [0.15, 0.2) is 0 Å². The van der Waals surface area contributed by atoms with Crippen molar-refractivity contribution in [3.63, 3.8) is 0 Å². The van der Waals surface area contributed by atoms with Crippen LogP contribution in [0.4, 0.5) is 0 Å². The van der Waals surface area contributed by atoms with Crippen molar-refractivity contribution >= 4 is 5.78 Å². The Kier molecular flexibility index (Phi) is 3.45. The van der Waals surface area contributed by atoms with E-state index in [1.165, 1.54) is 0 Å². The van der Waals surface area contributed by atoms with Crippen molar-refractivity contribution in [3.8, 4) is 0 Å². The molecule has 2 N–H and O–H groups in total. The summed E-state index contributed by atoms with van der Waals surface area (Å²) < 4.78 is 0. The maximum atomic E-state index is 11.0. The molecule has 0 saturated carbocycles. The number of piperidine rings is 1. The van der Waals surface area contributed by atoms with Crippen LogP contribution in [0.1, 0.15) is 26.7 Å². The molecule has 0 aliphatic carbocycles. The largest absolute Gasteiger partial charge is 0.330 e. The van der Waals surface area contributed by atoms with Gasteiger partial charge in [-0.2, -0.15) is 0 Å². The minimum atomic E-state index is 0.181. The van der Waals surface area contributed by atoms with Gasteiger partial charge in [0.1, 0.15) is 5.78 Å². The van der Waals surface area contributed by atoms with E-state index in [4.69, 9.17) is 5.73 Å². The molecule has 13 heavy (non-hydrogen) atoms. The molecule has 0 unspecified atom stereocenters. The van der Waals surface area contributed by atoms with Gasteiger partial charge >= 0.3 is 0 Å². The highest BCUT2D eigenvalue weighted by molar-refractivity contribution is 5.79. The predicted molar refractivity (Wildman–Crippen MR) is 53.5 cm³/mol. The third kappa shape index (κ3) is 3.44. The number of Topliss-reactive ketones (excluding diaryl/α,β-unsaturated/α-hetero) is 1. The van der Waals surface area contributed by atoms with E-state index in [-0.39, 0.29) is 5.41 Å². The summed E-state index contributed by atoms with van der Waals surface area (Å²) in [7, 11) is 0. The number of nitrogens with two attached hydrogens (primary N) is 1. The SMILES string of the molecule is CC(C)(CN)CN1CCC(=O)CC1. The van der Waals surface area contributed by atoms with Crippen LogP contribution in [0.5, 0.6) is 0 Å². The molecule has 1 rings (SSSR count). The Bertz CT molecular complexity index is 179. The first-order valence-corrected chi connectivity index (χ1v) is 4.98. The van der Waals surface area contributed by atoms with Gasteiger partial charge < -0.3 is 10.6 Å². The normalized spacial score (nSPS) is 20.7. The van der Waals surface area contributed by atoms with Gasteiger partial charge in [-0.1, -0.05) is 13.8 Å². The van der Waals surface area contributed by atoms with Crippen LogP contribution in [-0.2, 0) is 4.79 Å². The van der Waals surface area contributed by atoms with Gasteiger partial charge in [-0.25, -0.2) is 0 Å². The molecule has 0 bridgehead atoms. The first-order valence-electron chi connectivity index (χ1n) is 4.98. The van der Waals surface area contributed by atoms with E-state index in [0.29, 0.717) is 12.3 Å². The lowest BCUT2D eigenvalue weighted by Crippen LogP contribution is -2.42. The standard InChI is InChI=1S/C10H20N2O/c1-10(2,7-11)8-12-5-3-9(13)4-6-12/h3-8,11H2,1-2H3. The lowest BCUT2D eigenvalue weighted by Gasteiger charge is -2.33. The van der Waals surface area contributed by atoms with Crippen LogP contribution in [0.3, 0.4) is 0 Å². The van der Waals surface area contributed by atoms with Crippen molar-refractivity contribution in [1.29, 1.82) is 0 Å². The Morgan fingerprint density at radius 1 is 1.38 bits per heavy atom. The monoisotopic (exact) mass is 184 g/mol. The number of carbonyl (C=O) groups is 1. The fourth-order valence-electron chi connectivity index (χ4n) is 1.63. The number of hydrogen-bond donors (Lipinski definition) is 1. The zero-order valence-corrected chi connectivity index (χ0v) is 8.68. The Balaban J connectivity index is 2.34. The molecule has 76 valence electrons. The van der Waals surface area contributed by atoms with Crippen LogP contribution in [-0.4, -0.2) is 36.9 Å². The van der Waals surface area contributed by atoms with Gasteiger partial charge in [0.25, 0.3) is 0 Å². The molecule has 1 heterocycles. The van der Waals surface area contributed by atoms with E-state index in [1.54, 1.807) is 0 Å². The average Bonchev–Trinajstić information content (AvgIpc) is 2.09. The second-order valence-electron chi connectivity index (χ2n) is 4.68. The lowest BCUT2D eigenvalue weighted by atomic mass is 9.92. The minimum Gasteiger partial charge on any atom is -0.330 e. The van der Waals surface area contributed by atoms with E-state index >= 15 is 0 Å². The van der Waals surface area contributed by atoms with Gasteiger partial charge in [-0.15, -0.1) is 0 Å². The van der Waals surface area contributed by atoms with Crippen LogP contribution < -0.4 is 5.73 Å². The van der Waals surface area contributed by atoms with Crippen LogP contribution in [0.2, 0.25) is 0 Å². The van der Waals surface area contributed by atoms with Crippen LogP contribution in [0, 0.1) is 5.41 Å². The Morgan fingerprint density at radius 3 is 2.38 bits per heavy atom. The van der Waals surface area contributed by atoms with Gasteiger partial charge in [-0.3, -0.25) is 4.79 Å². The fourth-order valence-corrected chi connectivity index (χ4v) is 1.63. The third-order valence-electron chi connectivity index (χ3n) is 2.62. The summed E-state index contributed by atoms with van der Waals surface area (Å²) in [6, 6.07) is 0. The molecule has 1 aliphatic rings. The average molecular weight is 184 g/mol. The number of likely N-dealkylation sites (tertiary alicyclic amines) is 1. The van der Waals surface area contributed by atoms with E-state index in [0.717, 1.165) is 32.5 Å². The van der Waals surface area contributed by atoms with Gasteiger partial charge in [0.2, 0.25) is 0 Å². The molecule has 0 atom stereocenters. The summed E-state index contributed by atoms with van der Waals surface area (Å²) in [5, 5.41) is 0. The summed E-state index contributed by atoms with van der Waals surface area (Å²) in [5.41, 5.74) is 5.84. The van der Waals surface area contributed by atoms with Gasteiger partial charge in [0, 0.05) is 32.5 Å². The number of rotatable bonds is 3. The number of hydrogen-bond acceptors (Lipinski definition) is 3. The smallest absolute Gasteiger partial charge is 0.135 e. The quantitative estimate of drug-likeness (QED) is 0.700. The zero-order chi connectivity index (χ0) is 9.90. The Labute approximate surface area is 80.3 Å². The van der Waals surface area contributed by atoms with E-state index < -0.39 is 0 Å². The van der Waals surface area contributed by atoms with E-state index in [1.807, 2.05) is 0 Å². The highest BCUT2D eigenvalue weighted by atomic mass is 16.1. The van der Waals surface area contributed by atoms with Crippen molar-refractivity contribution in [1.82, 2.24) is 4.90 Å². The molecule has 0 spiro atoms. The molecule has 0 aromatic heterocycles. The Morgan fingerprint density at radius 2 is 1.92 bits per heavy atom. The maximum Gasteiger partial charge on any atom is 0.135 e. The highest BCUT2D eigenvalue weighted by Gasteiger charge is 2.23. The predicted octanol–water partition coefficient (Wildman–Crippen LogP) is 0.636. The molecule has 3 nitrogen and oxygen atoms in total. The molecule has 0 aromatic rings. The van der Waals surface area contributed by atoms with Crippen molar-refractivity contribution in [2.24, 2.45) is 11.1 Å². The molecular formula is C10H20N2O. The van der Waals surface area contributed by atoms with Crippen LogP contribution >= 0.6 is 0 Å². The molecule has 0 amide bonds. The lowest BCUT2D eigenvalue weighted by molar-refractivity contribution is -0.121. The van der Waals surface area contributed by atoms with Crippen molar-refractivity contribution in [2.75, 3.05) is 26.2 Å². The number of nitrogens with zero attached hydrogens (tertiary/aromatic N) is 1. The summed E-state index contributed by atoms with van der Waals surface area (Å²) >= 11 is 0. The van der Waals surface area contributed by atoms with Crippen molar-refractivity contribution < 1.29 is 4.79 Å². The van der Waals surface area contributed by atoms with Gasteiger partial charge in [-0.05, 0) is 12.0 Å². The van der Waals surface area contributed by atoms with Gasteiger partial charge in [0.05, 0.1) is 0 Å². The molecule has 1 saturated heterocycles. The Hall–Kier alpha value is -0.410.